The molecule has 2 fully saturated rings. The molecule has 2 heterocycles. The predicted octanol–water partition coefficient (Wildman–Crippen LogP) is 4.58. The number of hydrogen-bond acceptors (Lipinski definition) is 6. The van der Waals surface area contributed by atoms with Crippen LogP contribution in [0.5, 0.6) is 6.01 Å². The highest BCUT2D eigenvalue weighted by Gasteiger charge is 2.36. The molecule has 7 nitrogen and oxygen atoms in total. The van der Waals surface area contributed by atoms with Gasteiger partial charge in [-0.15, -0.1) is 0 Å². The third kappa shape index (κ3) is 5.19. The Morgan fingerprint density at radius 2 is 1.94 bits per heavy atom. The van der Waals surface area contributed by atoms with Gasteiger partial charge in [0.2, 0.25) is 11.6 Å². The lowest BCUT2D eigenvalue weighted by atomic mass is 9.84. The summed E-state index contributed by atoms with van der Waals surface area (Å²) in [6.07, 6.45) is 7.80. The van der Waals surface area contributed by atoms with Gasteiger partial charge in [0.1, 0.15) is 5.39 Å². The van der Waals surface area contributed by atoms with Crippen molar-refractivity contribution in [2.45, 2.75) is 77.1 Å². The maximum atomic E-state index is 13.4. The van der Waals surface area contributed by atoms with Gasteiger partial charge in [0.15, 0.2) is 0 Å². The van der Waals surface area contributed by atoms with Crippen LogP contribution in [-0.2, 0) is 6.42 Å². The number of nitrogens with one attached hydrogen (secondary N) is 1. The van der Waals surface area contributed by atoms with Crippen molar-refractivity contribution in [3.63, 3.8) is 0 Å². The van der Waals surface area contributed by atoms with Crippen LogP contribution in [0, 0.1) is 11.8 Å². The number of halogens is 2. The standard InChI is InChI=1S/C22H27F2N3O4/c1-22(23,24)15-8-10-16(11-9-15)27-31-21-25-19(29)18-14(7-6-13-4-2-3-5-13)12-17(28)30-20(18)26-21/h12-13,15H,2-11H2,1H3,(H,25,26,29). The lowest BCUT2D eigenvalue weighted by molar-refractivity contribution is -0.0468. The summed E-state index contributed by atoms with van der Waals surface area (Å²) >= 11 is 0. The largest absolute Gasteiger partial charge is 0.403 e. The Kier molecular flexibility index (Phi) is 6.20. The summed E-state index contributed by atoms with van der Waals surface area (Å²) in [4.78, 5) is 36.5. The molecule has 0 unspecified atom stereocenters. The molecule has 2 aliphatic carbocycles. The van der Waals surface area contributed by atoms with Gasteiger partial charge in [-0.25, -0.2) is 13.6 Å². The molecule has 168 valence electrons. The summed E-state index contributed by atoms with van der Waals surface area (Å²) < 4.78 is 32.0. The van der Waals surface area contributed by atoms with Gasteiger partial charge in [-0.3, -0.25) is 9.78 Å². The van der Waals surface area contributed by atoms with Crippen LogP contribution < -0.4 is 16.0 Å². The third-order valence-corrected chi connectivity index (χ3v) is 6.51. The molecule has 2 saturated carbocycles. The number of aromatic amines is 1. The van der Waals surface area contributed by atoms with Crippen LogP contribution in [0.2, 0.25) is 0 Å². The number of hydrogen-bond donors (Lipinski definition) is 1. The molecule has 1 N–H and O–H groups in total. The quantitative estimate of drug-likeness (QED) is 0.670. The highest BCUT2D eigenvalue weighted by Crippen LogP contribution is 2.35. The van der Waals surface area contributed by atoms with Crippen molar-refractivity contribution in [1.29, 1.82) is 0 Å². The minimum Gasteiger partial charge on any atom is -0.403 e. The fourth-order valence-corrected chi connectivity index (χ4v) is 4.69. The lowest BCUT2D eigenvalue weighted by Gasteiger charge is -2.27. The second-order valence-electron chi connectivity index (χ2n) is 8.81. The fraction of sp³-hybridized carbons (Fsp3) is 0.636. The summed E-state index contributed by atoms with van der Waals surface area (Å²) in [5.41, 5.74) is 0.156. The molecule has 2 aromatic rings. The molecule has 0 spiro atoms. The normalized spacial score (nSPS) is 20.4. The van der Waals surface area contributed by atoms with Crippen LogP contribution in [0.1, 0.15) is 70.3 Å². The van der Waals surface area contributed by atoms with E-state index < -0.39 is 23.0 Å². The molecule has 0 atom stereocenters. The van der Waals surface area contributed by atoms with Crippen molar-refractivity contribution in [1.82, 2.24) is 9.97 Å². The van der Waals surface area contributed by atoms with Crippen molar-refractivity contribution in [2.75, 3.05) is 0 Å². The van der Waals surface area contributed by atoms with E-state index in [0.717, 1.165) is 13.3 Å². The zero-order valence-corrected chi connectivity index (χ0v) is 17.6. The Morgan fingerprint density at radius 1 is 1.23 bits per heavy atom. The van der Waals surface area contributed by atoms with Gasteiger partial charge < -0.3 is 9.25 Å². The van der Waals surface area contributed by atoms with Gasteiger partial charge in [-0.05, 0) is 56.9 Å². The molecule has 0 saturated heterocycles. The maximum absolute atomic E-state index is 13.4. The third-order valence-electron chi connectivity index (χ3n) is 6.51. The predicted molar refractivity (Wildman–Crippen MR) is 112 cm³/mol. The van der Waals surface area contributed by atoms with Crippen LogP contribution in [-0.4, -0.2) is 21.6 Å². The molecule has 0 aromatic carbocycles. The van der Waals surface area contributed by atoms with Gasteiger partial charge in [0, 0.05) is 12.0 Å². The maximum Gasteiger partial charge on any atom is 0.337 e. The highest BCUT2D eigenvalue weighted by molar-refractivity contribution is 5.84. The van der Waals surface area contributed by atoms with E-state index in [1.165, 1.54) is 31.7 Å². The number of oxime groups is 1. The van der Waals surface area contributed by atoms with Crippen molar-refractivity contribution in [2.24, 2.45) is 17.0 Å². The van der Waals surface area contributed by atoms with Crippen LogP contribution >= 0.6 is 0 Å². The summed E-state index contributed by atoms with van der Waals surface area (Å²) in [5.74, 6) is -2.75. The molecule has 2 aromatic heterocycles. The summed E-state index contributed by atoms with van der Waals surface area (Å²) in [6.45, 7) is 0.940. The van der Waals surface area contributed by atoms with E-state index in [1.54, 1.807) is 0 Å². The van der Waals surface area contributed by atoms with Gasteiger partial charge in [0.05, 0.1) is 5.71 Å². The van der Waals surface area contributed by atoms with E-state index in [2.05, 4.69) is 15.1 Å². The molecule has 2 aliphatic rings. The number of rotatable bonds is 6. The van der Waals surface area contributed by atoms with E-state index in [4.69, 9.17) is 9.25 Å². The molecule has 4 rings (SSSR count). The number of H-pyrrole nitrogens is 1. The van der Waals surface area contributed by atoms with Crippen LogP contribution in [0.15, 0.2) is 25.2 Å². The van der Waals surface area contributed by atoms with E-state index in [-0.39, 0.29) is 17.1 Å². The number of nitrogens with zero attached hydrogens (tertiary/aromatic N) is 2. The molecule has 0 bridgehead atoms. The Morgan fingerprint density at radius 3 is 2.61 bits per heavy atom. The first-order valence-electron chi connectivity index (χ1n) is 11.0. The molecule has 31 heavy (non-hydrogen) atoms. The highest BCUT2D eigenvalue weighted by atomic mass is 19.3. The van der Waals surface area contributed by atoms with E-state index in [1.807, 2.05) is 0 Å². The number of aryl methyl sites for hydroxylation is 1. The Bertz CT molecular complexity index is 1070. The van der Waals surface area contributed by atoms with Gasteiger partial charge in [0.25, 0.3) is 5.56 Å². The summed E-state index contributed by atoms with van der Waals surface area (Å²) in [6, 6.07) is 1.17. The monoisotopic (exact) mass is 435 g/mol. The zero-order valence-electron chi connectivity index (χ0n) is 17.6. The van der Waals surface area contributed by atoms with Crippen molar-refractivity contribution >= 4 is 16.8 Å². The summed E-state index contributed by atoms with van der Waals surface area (Å²) in [7, 11) is 0. The average molecular weight is 435 g/mol. The summed E-state index contributed by atoms with van der Waals surface area (Å²) in [5, 5.41) is 4.22. The fourth-order valence-electron chi connectivity index (χ4n) is 4.69. The smallest absolute Gasteiger partial charge is 0.337 e. The van der Waals surface area contributed by atoms with Crippen molar-refractivity contribution < 1.29 is 18.0 Å². The molecule has 0 aliphatic heterocycles. The molecule has 0 radical (unpaired) electrons. The first kappa shape index (κ1) is 21.6. The Labute approximate surface area is 177 Å². The first-order chi connectivity index (χ1) is 14.8. The van der Waals surface area contributed by atoms with Gasteiger partial charge >= 0.3 is 11.6 Å². The second-order valence-corrected chi connectivity index (χ2v) is 8.81. The molecule has 9 heteroatoms. The molecular weight excluding hydrogens is 408 g/mol. The minimum atomic E-state index is -2.70. The SMILES string of the molecule is CC(F)(F)C1CCC(=NOc2nc3oc(=O)cc(CCC4CCCC4)c3c(=O)[nH]2)CC1. The number of alkyl halides is 2. The van der Waals surface area contributed by atoms with Crippen LogP contribution in [0.25, 0.3) is 11.1 Å². The average Bonchev–Trinajstić information content (AvgIpc) is 3.23. The molecular formula is C22H27F2N3O4. The Balaban J connectivity index is 1.50. The van der Waals surface area contributed by atoms with Gasteiger partial charge in [-0.1, -0.05) is 30.8 Å². The Hall–Kier alpha value is -2.58. The van der Waals surface area contributed by atoms with Crippen LogP contribution in [0.3, 0.4) is 0 Å². The lowest BCUT2D eigenvalue weighted by Crippen LogP contribution is -2.29. The number of aromatic nitrogens is 2. The van der Waals surface area contributed by atoms with E-state index >= 15 is 0 Å². The number of fused-ring (bicyclic) bond motifs is 1. The van der Waals surface area contributed by atoms with E-state index in [9.17, 15) is 18.4 Å². The first-order valence-corrected chi connectivity index (χ1v) is 11.0. The minimum absolute atomic E-state index is 0.0813. The van der Waals surface area contributed by atoms with Crippen molar-refractivity contribution in [3.05, 3.63) is 32.4 Å². The van der Waals surface area contributed by atoms with Crippen LogP contribution in [0.4, 0.5) is 8.78 Å². The topological polar surface area (TPSA) is 97.5 Å². The van der Waals surface area contributed by atoms with E-state index in [0.29, 0.717) is 49.3 Å². The second kappa shape index (κ2) is 8.88. The van der Waals surface area contributed by atoms with Crippen molar-refractivity contribution in [3.8, 4) is 6.01 Å². The van der Waals surface area contributed by atoms with Gasteiger partial charge in [-0.2, -0.15) is 4.98 Å². The zero-order chi connectivity index (χ0) is 22.0. The molecule has 0 amide bonds.